The second-order valence-electron chi connectivity index (χ2n) is 6.22. The summed E-state index contributed by atoms with van der Waals surface area (Å²) >= 11 is 0. The van der Waals surface area contributed by atoms with Crippen LogP contribution in [0.15, 0.2) is 33.7 Å². The zero-order chi connectivity index (χ0) is 18.5. The standard InChI is InChI=1S/C19H26N4O3.HI/c1-4-25-19(24)23-11-9-22(10-12-23)18(20-3)21-13-17-14(2)15-7-5-6-8-16(15)26-17;/h5-8H,4,9-13H2,1-3H3,(H,20,21);1H. The van der Waals surface area contributed by atoms with E-state index in [4.69, 9.17) is 9.15 Å². The number of para-hydroxylation sites is 1. The van der Waals surface area contributed by atoms with E-state index in [2.05, 4.69) is 28.2 Å². The number of hydrogen-bond donors (Lipinski definition) is 1. The van der Waals surface area contributed by atoms with Crippen LogP contribution in [0.25, 0.3) is 11.0 Å². The predicted octanol–water partition coefficient (Wildman–Crippen LogP) is 3.21. The van der Waals surface area contributed by atoms with Gasteiger partial charge in [-0.05, 0) is 19.9 Å². The zero-order valence-electron chi connectivity index (χ0n) is 16.0. The molecule has 27 heavy (non-hydrogen) atoms. The Bertz CT molecular complexity index is 797. The van der Waals surface area contributed by atoms with Gasteiger partial charge in [-0.25, -0.2) is 4.79 Å². The molecule has 1 N–H and O–H groups in total. The van der Waals surface area contributed by atoms with Gasteiger partial charge in [-0.1, -0.05) is 18.2 Å². The van der Waals surface area contributed by atoms with Crippen molar-refractivity contribution < 1.29 is 13.9 Å². The van der Waals surface area contributed by atoms with E-state index in [0.717, 1.165) is 41.3 Å². The molecule has 0 spiro atoms. The number of hydrogen-bond acceptors (Lipinski definition) is 4. The van der Waals surface area contributed by atoms with Crippen LogP contribution < -0.4 is 5.32 Å². The Labute approximate surface area is 176 Å². The van der Waals surface area contributed by atoms with Crippen LogP contribution in [0.4, 0.5) is 4.79 Å². The molecular weight excluding hydrogens is 459 g/mol. The summed E-state index contributed by atoms with van der Waals surface area (Å²) in [6.07, 6.45) is -0.243. The van der Waals surface area contributed by atoms with Gasteiger partial charge in [0, 0.05) is 44.2 Å². The van der Waals surface area contributed by atoms with Gasteiger partial charge in [-0.2, -0.15) is 0 Å². The third-order valence-corrected chi connectivity index (χ3v) is 4.67. The molecule has 2 aromatic rings. The first-order chi connectivity index (χ1) is 12.6. The van der Waals surface area contributed by atoms with Crippen LogP contribution in [0.5, 0.6) is 0 Å². The molecule has 1 aromatic carbocycles. The summed E-state index contributed by atoms with van der Waals surface area (Å²) in [6, 6.07) is 8.05. The summed E-state index contributed by atoms with van der Waals surface area (Å²) in [7, 11) is 1.77. The Hall–Kier alpha value is -1.97. The summed E-state index contributed by atoms with van der Waals surface area (Å²) < 4.78 is 11.0. The number of fused-ring (bicyclic) bond motifs is 1. The number of carbonyl (C=O) groups excluding carboxylic acids is 1. The zero-order valence-corrected chi connectivity index (χ0v) is 18.4. The Morgan fingerprint density at radius 2 is 1.89 bits per heavy atom. The molecule has 1 aliphatic rings. The number of nitrogens with zero attached hydrogens (tertiary/aromatic N) is 3. The number of piperazine rings is 1. The number of amides is 1. The lowest BCUT2D eigenvalue weighted by molar-refractivity contribution is 0.0914. The number of guanidine groups is 1. The van der Waals surface area contributed by atoms with E-state index < -0.39 is 0 Å². The van der Waals surface area contributed by atoms with Crippen molar-refractivity contribution in [3.8, 4) is 0 Å². The van der Waals surface area contributed by atoms with E-state index in [1.807, 2.05) is 25.1 Å². The number of ether oxygens (including phenoxy) is 1. The number of benzene rings is 1. The van der Waals surface area contributed by atoms with Crippen LogP contribution >= 0.6 is 24.0 Å². The van der Waals surface area contributed by atoms with Crippen LogP contribution in [-0.4, -0.2) is 61.7 Å². The van der Waals surface area contributed by atoms with Crippen molar-refractivity contribution in [2.45, 2.75) is 20.4 Å². The first kappa shape index (κ1) is 21.3. The lowest BCUT2D eigenvalue weighted by atomic mass is 10.1. The van der Waals surface area contributed by atoms with E-state index >= 15 is 0 Å². The molecule has 0 unspecified atom stereocenters. The molecule has 7 nitrogen and oxygen atoms in total. The van der Waals surface area contributed by atoms with E-state index in [0.29, 0.717) is 26.2 Å². The molecule has 1 aliphatic heterocycles. The highest BCUT2D eigenvalue weighted by Gasteiger charge is 2.24. The number of nitrogens with one attached hydrogen (secondary N) is 1. The highest BCUT2D eigenvalue weighted by atomic mass is 127. The van der Waals surface area contributed by atoms with Crippen molar-refractivity contribution in [2.24, 2.45) is 4.99 Å². The van der Waals surface area contributed by atoms with Gasteiger partial charge in [0.05, 0.1) is 13.2 Å². The monoisotopic (exact) mass is 486 g/mol. The molecule has 0 aliphatic carbocycles. The normalized spacial score (nSPS) is 14.9. The second kappa shape index (κ2) is 9.82. The maximum absolute atomic E-state index is 11.8. The summed E-state index contributed by atoms with van der Waals surface area (Å²) in [5, 5.41) is 4.51. The van der Waals surface area contributed by atoms with Gasteiger partial charge in [-0.15, -0.1) is 24.0 Å². The highest BCUT2D eigenvalue weighted by Crippen LogP contribution is 2.24. The van der Waals surface area contributed by atoms with Crippen LogP contribution in [0.1, 0.15) is 18.2 Å². The van der Waals surface area contributed by atoms with Crippen molar-refractivity contribution in [2.75, 3.05) is 39.8 Å². The average Bonchev–Trinajstić information content (AvgIpc) is 2.99. The minimum atomic E-state index is -0.243. The van der Waals surface area contributed by atoms with Gasteiger partial charge in [0.25, 0.3) is 0 Å². The molecule has 1 amide bonds. The number of aliphatic imine (C=N–C) groups is 1. The molecule has 0 saturated carbocycles. The topological polar surface area (TPSA) is 70.3 Å². The fourth-order valence-electron chi connectivity index (χ4n) is 3.20. The molecule has 8 heteroatoms. The number of aryl methyl sites for hydroxylation is 1. The molecule has 2 heterocycles. The largest absolute Gasteiger partial charge is 0.459 e. The Morgan fingerprint density at radius 3 is 2.52 bits per heavy atom. The molecule has 0 radical (unpaired) electrons. The van der Waals surface area contributed by atoms with Crippen LogP contribution in [0.3, 0.4) is 0 Å². The number of carbonyl (C=O) groups is 1. The third-order valence-electron chi connectivity index (χ3n) is 4.67. The average molecular weight is 486 g/mol. The van der Waals surface area contributed by atoms with Crippen LogP contribution in [0, 0.1) is 6.92 Å². The predicted molar refractivity (Wildman–Crippen MR) is 117 cm³/mol. The summed E-state index contributed by atoms with van der Waals surface area (Å²) in [6.45, 7) is 7.57. The quantitative estimate of drug-likeness (QED) is 0.410. The van der Waals surface area contributed by atoms with Crippen molar-refractivity contribution in [3.05, 3.63) is 35.6 Å². The molecular formula is C19H27IN4O3. The maximum Gasteiger partial charge on any atom is 0.409 e. The minimum Gasteiger partial charge on any atom is -0.459 e. The smallest absolute Gasteiger partial charge is 0.409 e. The van der Waals surface area contributed by atoms with Gasteiger partial charge in [0.1, 0.15) is 11.3 Å². The molecule has 1 fully saturated rings. The van der Waals surface area contributed by atoms with Crippen LogP contribution in [-0.2, 0) is 11.3 Å². The first-order valence-electron chi connectivity index (χ1n) is 8.98. The third kappa shape index (κ3) is 4.85. The van der Waals surface area contributed by atoms with Gasteiger partial charge in [0.15, 0.2) is 5.96 Å². The fourth-order valence-corrected chi connectivity index (χ4v) is 3.20. The van der Waals surface area contributed by atoms with Gasteiger partial charge in [-0.3, -0.25) is 4.99 Å². The second-order valence-corrected chi connectivity index (χ2v) is 6.22. The highest BCUT2D eigenvalue weighted by molar-refractivity contribution is 14.0. The summed E-state index contributed by atoms with van der Waals surface area (Å²) in [4.78, 5) is 20.1. The van der Waals surface area contributed by atoms with Crippen molar-refractivity contribution in [1.29, 1.82) is 0 Å². The lowest BCUT2D eigenvalue weighted by Gasteiger charge is -2.35. The van der Waals surface area contributed by atoms with Crippen molar-refractivity contribution in [1.82, 2.24) is 15.1 Å². The van der Waals surface area contributed by atoms with Gasteiger partial charge in [0.2, 0.25) is 0 Å². The van der Waals surface area contributed by atoms with E-state index in [-0.39, 0.29) is 30.1 Å². The SMILES string of the molecule is CCOC(=O)N1CCN(C(=NC)NCc2oc3ccccc3c2C)CC1.I. The van der Waals surface area contributed by atoms with Crippen molar-refractivity contribution in [3.63, 3.8) is 0 Å². The molecule has 1 saturated heterocycles. The fraction of sp³-hybridized carbons (Fsp3) is 0.474. The minimum absolute atomic E-state index is 0. The first-order valence-corrected chi connectivity index (χ1v) is 8.98. The van der Waals surface area contributed by atoms with E-state index in [1.165, 1.54) is 0 Å². The summed E-state index contributed by atoms with van der Waals surface area (Å²) in [5.41, 5.74) is 2.05. The van der Waals surface area contributed by atoms with Gasteiger partial charge >= 0.3 is 6.09 Å². The Morgan fingerprint density at radius 1 is 1.22 bits per heavy atom. The summed E-state index contributed by atoms with van der Waals surface area (Å²) in [5.74, 6) is 1.73. The van der Waals surface area contributed by atoms with E-state index in [9.17, 15) is 4.79 Å². The van der Waals surface area contributed by atoms with Gasteiger partial charge < -0.3 is 24.3 Å². The Balaban J connectivity index is 0.00000261. The lowest BCUT2D eigenvalue weighted by Crippen LogP contribution is -2.53. The molecule has 148 valence electrons. The molecule has 1 aromatic heterocycles. The number of halogens is 1. The molecule has 0 atom stereocenters. The molecule has 3 rings (SSSR count). The molecule has 0 bridgehead atoms. The van der Waals surface area contributed by atoms with Crippen molar-refractivity contribution >= 4 is 47.0 Å². The Kier molecular flexibility index (Phi) is 7.76. The van der Waals surface area contributed by atoms with E-state index in [1.54, 1.807) is 11.9 Å². The number of furan rings is 1. The van der Waals surface area contributed by atoms with Crippen LogP contribution in [0.2, 0.25) is 0 Å². The number of rotatable bonds is 3. The maximum atomic E-state index is 11.8.